The van der Waals surface area contributed by atoms with Crippen molar-refractivity contribution in [3.63, 3.8) is 0 Å². The lowest BCUT2D eigenvalue weighted by Crippen LogP contribution is -2.38. The fourth-order valence-corrected chi connectivity index (χ4v) is 3.94. The summed E-state index contributed by atoms with van der Waals surface area (Å²) in [7, 11) is -2.49. The van der Waals surface area contributed by atoms with E-state index in [2.05, 4.69) is 9.71 Å². The Bertz CT molecular complexity index is 884. The van der Waals surface area contributed by atoms with Gasteiger partial charge in [0.05, 0.1) is 12.0 Å². The molecule has 1 aliphatic rings. The second kappa shape index (κ2) is 7.65. The molecule has 1 fully saturated rings. The Labute approximate surface area is 152 Å². The summed E-state index contributed by atoms with van der Waals surface area (Å²) in [6.45, 7) is 0.193. The fourth-order valence-electron chi connectivity index (χ4n) is 2.65. The number of nitrogens with two attached hydrogens (primary N) is 1. The quantitative estimate of drug-likeness (QED) is 0.728. The summed E-state index contributed by atoms with van der Waals surface area (Å²) in [5.41, 5.74) is 6.05. The number of aromatic nitrogens is 1. The largest absolute Gasteiger partial charge is 0.464 e. The molecule has 136 valence electrons. The number of nitrogens with zero attached hydrogens (tertiary/aromatic N) is 1. The van der Waals surface area contributed by atoms with Gasteiger partial charge in [0, 0.05) is 29.6 Å². The molecule has 0 amide bonds. The number of fused-ring (bicyclic) bond motifs is 1. The predicted octanol–water partition coefficient (Wildman–Crippen LogP) is 1.46. The minimum Gasteiger partial charge on any atom is -0.464 e. The molecule has 7 nitrogen and oxygen atoms in total. The highest BCUT2D eigenvalue weighted by atomic mass is 35.5. The predicted molar refractivity (Wildman–Crippen MR) is 96.2 cm³/mol. The monoisotopic (exact) mass is 385 g/mol. The first-order chi connectivity index (χ1) is 11.4. The molecule has 1 aromatic heterocycles. The van der Waals surface area contributed by atoms with Crippen LogP contribution >= 0.6 is 12.4 Å². The molecule has 1 aliphatic carbocycles. The molecule has 0 saturated heterocycles. The van der Waals surface area contributed by atoms with Crippen molar-refractivity contribution in [2.75, 3.05) is 13.7 Å². The highest BCUT2D eigenvalue weighted by molar-refractivity contribution is 7.89. The molecule has 0 aliphatic heterocycles. The molecule has 1 saturated carbocycles. The lowest BCUT2D eigenvalue weighted by atomic mass is 10.1. The van der Waals surface area contributed by atoms with Gasteiger partial charge < -0.3 is 10.5 Å². The molecule has 1 aromatic carbocycles. The Morgan fingerprint density at radius 1 is 1.36 bits per heavy atom. The average Bonchev–Trinajstić information content (AvgIpc) is 3.43. The highest BCUT2D eigenvalue weighted by Gasteiger charge is 2.29. The van der Waals surface area contributed by atoms with Crippen LogP contribution < -0.4 is 10.5 Å². The molecule has 9 heteroatoms. The first-order valence-electron chi connectivity index (χ1n) is 7.65. The van der Waals surface area contributed by atoms with Crippen LogP contribution in [0.2, 0.25) is 0 Å². The third-order valence-corrected chi connectivity index (χ3v) is 5.65. The Hall–Kier alpha value is -1.74. The van der Waals surface area contributed by atoms with Crippen LogP contribution in [0.3, 0.4) is 0 Å². The second-order valence-electron chi connectivity index (χ2n) is 5.86. The number of hydrogen-bond acceptors (Lipinski definition) is 6. The zero-order valence-corrected chi connectivity index (χ0v) is 15.3. The summed E-state index contributed by atoms with van der Waals surface area (Å²) in [4.78, 5) is 15.9. The number of hydrogen-bond donors (Lipinski definition) is 2. The van der Waals surface area contributed by atoms with Crippen molar-refractivity contribution in [3.8, 4) is 0 Å². The molecular formula is C16H20ClN3O4S. The second-order valence-corrected chi connectivity index (χ2v) is 7.59. The van der Waals surface area contributed by atoms with Gasteiger partial charge in [0.2, 0.25) is 10.0 Å². The van der Waals surface area contributed by atoms with E-state index in [4.69, 9.17) is 10.5 Å². The molecule has 0 bridgehead atoms. The first-order valence-corrected chi connectivity index (χ1v) is 9.13. The number of rotatable bonds is 6. The fraction of sp³-hybridized carbons (Fsp3) is 0.375. The van der Waals surface area contributed by atoms with E-state index in [9.17, 15) is 13.2 Å². The van der Waals surface area contributed by atoms with E-state index in [-0.39, 0.29) is 35.6 Å². The number of methoxy groups -OCH3 is 1. The van der Waals surface area contributed by atoms with Crippen LogP contribution in [0.25, 0.3) is 10.8 Å². The Kier molecular flexibility index (Phi) is 5.99. The maximum Gasteiger partial charge on any atom is 0.357 e. The third-order valence-electron chi connectivity index (χ3n) is 4.17. The number of pyridine rings is 1. The van der Waals surface area contributed by atoms with Crippen LogP contribution in [-0.2, 0) is 14.8 Å². The van der Waals surface area contributed by atoms with E-state index >= 15 is 0 Å². The Morgan fingerprint density at radius 2 is 2.08 bits per heavy atom. The van der Waals surface area contributed by atoms with Gasteiger partial charge in [-0.05, 0) is 30.9 Å². The summed E-state index contributed by atoms with van der Waals surface area (Å²) >= 11 is 0. The zero-order valence-electron chi connectivity index (χ0n) is 13.6. The normalized spacial score (nSPS) is 15.4. The van der Waals surface area contributed by atoms with Crippen molar-refractivity contribution in [1.29, 1.82) is 0 Å². The topological polar surface area (TPSA) is 111 Å². The van der Waals surface area contributed by atoms with Crippen molar-refractivity contribution in [2.24, 2.45) is 11.7 Å². The number of sulfonamides is 1. The summed E-state index contributed by atoms with van der Waals surface area (Å²) in [5, 5.41) is 0.846. The summed E-state index contributed by atoms with van der Waals surface area (Å²) in [5.74, 6) is -0.214. The molecular weight excluding hydrogens is 366 g/mol. The van der Waals surface area contributed by atoms with Crippen LogP contribution in [0.5, 0.6) is 0 Å². The van der Waals surface area contributed by atoms with E-state index in [1.54, 1.807) is 18.2 Å². The lowest BCUT2D eigenvalue weighted by molar-refractivity contribution is 0.0596. The molecule has 3 rings (SSSR count). The first kappa shape index (κ1) is 19.6. The van der Waals surface area contributed by atoms with E-state index in [1.807, 2.05) is 0 Å². The minimum absolute atomic E-state index is 0. The third kappa shape index (κ3) is 4.09. The van der Waals surface area contributed by atoms with Gasteiger partial charge in [-0.2, -0.15) is 0 Å². The molecule has 0 radical (unpaired) electrons. The SMILES string of the molecule is COC(=O)c1nccc2c(S(=O)(=O)NCC(N)C3CC3)cccc12.Cl. The minimum atomic E-state index is -3.75. The van der Waals surface area contributed by atoms with Gasteiger partial charge in [-0.15, -0.1) is 12.4 Å². The number of carbonyl (C=O) groups is 1. The van der Waals surface area contributed by atoms with Gasteiger partial charge in [-0.25, -0.2) is 22.9 Å². The number of halogens is 1. The zero-order chi connectivity index (χ0) is 17.3. The van der Waals surface area contributed by atoms with Gasteiger partial charge in [0.25, 0.3) is 0 Å². The van der Waals surface area contributed by atoms with Crippen molar-refractivity contribution in [1.82, 2.24) is 9.71 Å². The van der Waals surface area contributed by atoms with Crippen molar-refractivity contribution in [2.45, 2.75) is 23.8 Å². The summed E-state index contributed by atoms with van der Waals surface area (Å²) in [6, 6.07) is 6.10. The summed E-state index contributed by atoms with van der Waals surface area (Å²) < 4.78 is 32.5. The van der Waals surface area contributed by atoms with E-state index in [1.165, 1.54) is 19.4 Å². The van der Waals surface area contributed by atoms with Crippen LogP contribution in [-0.4, -0.2) is 39.1 Å². The van der Waals surface area contributed by atoms with Crippen molar-refractivity contribution >= 4 is 39.2 Å². The van der Waals surface area contributed by atoms with Gasteiger partial charge in [-0.1, -0.05) is 12.1 Å². The Balaban J connectivity index is 0.00000225. The standard InChI is InChI=1S/C16H19N3O4S.ClH/c1-23-16(20)15-12-3-2-4-14(11(12)7-8-18-15)24(21,22)19-9-13(17)10-5-6-10;/h2-4,7-8,10,13,19H,5-6,9,17H2,1H3;1H. The Morgan fingerprint density at radius 3 is 2.72 bits per heavy atom. The molecule has 0 spiro atoms. The lowest BCUT2D eigenvalue weighted by Gasteiger charge is -2.14. The number of carbonyl (C=O) groups excluding carboxylic acids is 1. The van der Waals surface area contributed by atoms with Crippen LogP contribution in [0.15, 0.2) is 35.4 Å². The smallest absolute Gasteiger partial charge is 0.357 e. The van der Waals surface area contributed by atoms with Gasteiger partial charge in [0.1, 0.15) is 0 Å². The van der Waals surface area contributed by atoms with Crippen molar-refractivity contribution in [3.05, 3.63) is 36.2 Å². The van der Waals surface area contributed by atoms with Gasteiger partial charge >= 0.3 is 5.97 Å². The van der Waals surface area contributed by atoms with Gasteiger partial charge in [-0.3, -0.25) is 0 Å². The number of benzene rings is 1. The number of esters is 1. The van der Waals surface area contributed by atoms with Crippen LogP contribution in [0.1, 0.15) is 23.3 Å². The van der Waals surface area contributed by atoms with E-state index in [0.717, 1.165) is 12.8 Å². The average molecular weight is 386 g/mol. The molecule has 3 N–H and O–H groups in total. The maximum absolute atomic E-state index is 12.6. The van der Waals surface area contributed by atoms with Gasteiger partial charge in [0.15, 0.2) is 5.69 Å². The molecule has 1 unspecified atom stereocenters. The molecule has 1 atom stereocenters. The summed E-state index contributed by atoms with van der Waals surface area (Å²) in [6.07, 6.45) is 3.49. The highest BCUT2D eigenvalue weighted by Crippen LogP contribution is 2.31. The number of ether oxygens (including phenoxy) is 1. The number of nitrogens with one attached hydrogen (secondary N) is 1. The van der Waals surface area contributed by atoms with Crippen LogP contribution in [0, 0.1) is 5.92 Å². The molecule has 1 heterocycles. The van der Waals surface area contributed by atoms with E-state index < -0.39 is 16.0 Å². The maximum atomic E-state index is 12.6. The van der Waals surface area contributed by atoms with Crippen LogP contribution in [0.4, 0.5) is 0 Å². The molecule has 2 aromatic rings. The van der Waals surface area contributed by atoms with E-state index in [0.29, 0.717) is 16.7 Å². The molecule has 25 heavy (non-hydrogen) atoms. The van der Waals surface area contributed by atoms with Crippen molar-refractivity contribution < 1.29 is 17.9 Å².